The van der Waals surface area contributed by atoms with Gasteiger partial charge in [-0.15, -0.1) is 0 Å². The van der Waals surface area contributed by atoms with Crippen molar-refractivity contribution in [2.75, 3.05) is 13.1 Å². The van der Waals surface area contributed by atoms with Gasteiger partial charge in [-0.3, -0.25) is 4.90 Å². The first-order valence-electron chi connectivity index (χ1n) is 4.23. The van der Waals surface area contributed by atoms with Crippen molar-refractivity contribution in [3.63, 3.8) is 0 Å². The molecule has 1 aliphatic rings. The Labute approximate surface area is 70.5 Å². The summed E-state index contributed by atoms with van der Waals surface area (Å²) in [5.41, 5.74) is 0. The van der Waals surface area contributed by atoms with Crippen LogP contribution in [-0.2, 0) is 0 Å². The van der Waals surface area contributed by atoms with E-state index in [9.17, 15) is 4.39 Å². The van der Waals surface area contributed by atoms with Crippen molar-refractivity contribution < 1.29 is 4.39 Å². The van der Waals surface area contributed by atoms with Crippen LogP contribution in [0.25, 0.3) is 0 Å². The van der Waals surface area contributed by atoms with Gasteiger partial charge in [0.05, 0.1) is 0 Å². The molecule has 1 fully saturated rings. The van der Waals surface area contributed by atoms with E-state index in [1.165, 1.54) is 0 Å². The SMILES string of the molecule is CC(C)N1CCCC(F)(P)C1. The number of rotatable bonds is 1. The van der Waals surface area contributed by atoms with Gasteiger partial charge < -0.3 is 0 Å². The predicted molar refractivity (Wildman–Crippen MR) is 49.5 cm³/mol. The molecule has 0 amide bonds. The number of likely N-dealkylation sites (tertiary alicyclic amines) is 1. The highest BCUT2D eigenvalue weighted by atomic mass is 31.0. The maximum atomic E-state index is 13.4. The van der Waals surface area contributed by atoms with Gasteiger partial charge in [0.15, 0.2) is 0 Å². The Hall–Kier alpha value is 0.320. The Morgan fingerprint density at radius 1 is 1.55 bits per heavy atom. The van der Waals surface area contributed by atoms with Crippen LogP contribution in [-0.4, -0.2) is 29.4 Å². The number of piperidine rings is 1. The van der Waals surface area contributed by atoms with Gasteiger partial charge in [-0.2, -0.15) is 0 Å². The minimum atomic E-state index is -1.03. The van der Waals surface area contributed by atoms with Gasteiger partial charge in [0.1, 0.15) is 5.41 Å². The summed E-state index contributed by atoms with van der Waals surface area (Å²) in [4.78, 5) is 2.19. The van der Waals surface area contributed by atoms with Gasteiger partial charge in [-0.05, 0) is 33.2 Å². The summed E-state index contributed by atoms with van der Waals surface area (Å²) in [6.07, 6.45) is 1.68. The Morgan fingerprint density at radius 2 is 2.18 bits per heavy atom. The lowest BCUT2D eigenvalue weighted by atomic mass is 10.1. The fraction of sp³-hybridized carbons (Fsp3) is 1.00. The van der Waals surface area contributed by atoms with Crippen molar-refractivity contribution in [1.29, 1.82) is 0 Å². The maximum absolute atomic E-state index is 13.4. The second-order valence-corrected chi connectivity index (χ2v) is 4.74. The Morgan fingerprint density at radius 3 is 2.55 bits per heavy atom. The van der Waals surface area contributed by atoms with E-state index >= 15 is 0 Å². The van der Waals surface area contributed by atoms with Gasteiger partial charge in [-0.25, -0.2) is 4.39 Å². The second kappa shape index (κ2) is 3.37. The van der Waals surface area contributed by atoms with E-state index in [2.05, 4.69) is 28.0 Å². The lowest BCUT2D eigenvalue weighted by Crippen LogP contribution is -2.44. The molecule has 0 spiro atoms. The van der Waals surface area contributed by atoms with Crippen molar-refractivity contribution >= 4 is 9.24 Å². The molecule has 1 saturated heterocycles. The predicted octanol–water partition coefficient (Wildman–Crippen LogP) is 2.03. The topological polar surface area (TPSA) is 3.24 Å². The molecule has 0 aromatic rings. The molecule has 2 atom stereocenters. The highest BCUT2D eigenvalue weighted by molar-refractivity contribution is 7.18. The lowest BCUT2D eigenvalue weighted by molar-refractivity contribution is 0.0909. The van der Waals surface area contributed by atoms with Crippen LogP contribution < -0.4 is 0 Å². The monoisotopic (exact) mass is 177 g/mol. The summed E-state index contributed by atoms with van der Waals surface area (Å²) in [6, 6.07) is 0.478. The first kappa shape index (κ1) is 9.41. The molecule has 66 valence electrons. The summed E-state index contributed by atoms with van der Waals surface area (Å²) in [5, 5.41) is -1.03. The molecule has 11 heavy (non-hydrogen) atoms. The number of alkyl halides is 1. The fourth-order valence-electron chi connectivity index (χ4n) is 1.51. The van der Waals surface area contributed by atoms with Crippen molar-refractivity contribution in [1.82, 2.24) is 4.90 Å². The lowest BCUT2D eigenvalue weighted by Gasteiger charge is -2.37. The van der Waals surface area contributed by atoms with Crippen LogP contribution in [0.15, 0.2) is 0 Å². The molecule has 0 aliphatic carbocycles. The molecule has 1 heterocycles. The molecule has 0 bridgehead atoms. The molecule has 0 radical (unpaired) electrons. The van der Waals surface area contributed by atoms with Crippen molar-refractivity contribution in [2.45, 2.75) is 38.1 Å². The molecule has 3 heteroatoms. The summed E-state index contributed by atoms with van der Waals surface area (Å²) in [6.45, 7) is 5.87. The van der Waals surface area contributed by atoms with Crippen LogP contribution in [0.2, 0.25) is 0 Å². The van der Waals surface area contributed by atoms with Crippen LogP contribution in [0.5, 0.6) is 0 Å². The molecule has 2 unspecified atom stereocenters. The Kier molecular flexibility index (Phi) is 2.88. The molecule has 0 N–H and O–H groups in total. The highest BCUT2D eigenvalue weighted by Gasteiger charge is 2.31. The summed E-state index contributed by atoms with van der Waals surface area (Å²) in [5.74, 6) is 0. The Bertz CT molecular complexity index is 136. The minimum absolute atomic E-state index is 0.478. The summed E-state index contributed by atoms with van der Waals surface area (Å²) >= 11 is 0. The van der Waals surface area contributed by atoms with Gasteiger partial charge in [0.2, 0.25) is 0 Å². The third-order valence-electron chi connectivity index (χ3n) is 2.23. The largest absolute Gasteiger partial charge is 0.297 e. The number of hydrogen-bond donors (Lipinski definition) is 0. The molecule has 0 saturated carbocycles. The first-order chi connectivity index (χ1) is 5.01. The quantitative estimate of drug-likeness (QED) is 0.554. The van der Waals surface area contributed by atoms with Crippen LogP contribution >= 0.6 is 9.24 Å². The zero-order valence-electron chi connectivity index (χ0n) is 7.31. The van der Waals surface area contributed by atoms with Gasteiger partial charge >= 0.3 is 0 Å². The van der Waals surface area contributed by atoms with Crippen LogP contribution in [0.4, 0.5) is 4.39 Å². The molecule has 0 aromatic heterocycles. The molecular formula is C8H17FNP. The third kappa shape index (κ3) is 2.68. The minimum Gasteiger partial charge on any atom is -0.297 e. The zero-order valence-corrected chi connectivity index (χ0v) is 8.46. The van der Waals surface area contributed by atoms with Crippen LogP contribution in [0.1, 0.15) is 26.7 Å². The summed E-state index contributed by atoms with van der Waals surface area (Å²) in [7, 11) is 2.32. The molecule has 1 nitrogen and oxygen atoms in total. The van der Waals surface area contributed by atoms with Crippen molar-refractivity contribution in [3.8, 4) is 0 Å². The number of hydrogen-bond acceptors (Lipinski definition) is 1. The van der Waals surface area contributed by atoms with Crippen LogP contribution in [0.3, 0.4) is 0 Å². The van der Waals surface area contributed by atoms with E-state index in [-0.39, 0.29) is 0 Å². The third-order valence-corrected chi connectivity index (χ3v) is 2.71. The van der Waals surface area contributed by atoms with Gasteiger partial charge in [0, 0.05) is 12.6 Å². The standard InChI is InChI=1S/C8H17FNP/c1-7(2)10-5-3-4-8(9,11)6-10/h7H,3-6,11H2,1-2H3. The first-order valence-corrected chi connectivity index (χ1v) is 4.81. The molecule has 1 rings (SSSR count). The average Bonchev–Trinajstić information content (AvgIpc) is 1.85. The normalized spacial score (nSPS) is 34.6. The highest BCUT2D eigenvalue weighted by Crippen LogP contribution is 2.31. The average molecular weight is 177 g/mol. The zero-order chi connectivity index (χ0) is 8.48. The van der Waals surface area contributed by atoms with Gasteiger partial charge in [-0.1, -0.05) is 9.24 Å². The van der Waals surface area contributed by atoms with E-state index in [0.29, 0.717) is 19.0 Å². The molecular weight excluding hydrogens is 160 g/mol. The molecule has 1 aliphatic heterocycles. The van der Waals surface area contributed by atoms with E-state index in [0.717, 1.165) is 13.0 Å². The van der Waals surface area contributed by atoms with Crippen LogP contribution in [0, 0.1) is 0 Å². The van der Waals surface area contributed by atoms with E-state index < -0.39 is 5.41 Å². The number of nitrogens with zero attached hydrogens (tertiary/aromatic N) is 1. The summed E-state index contributed by atoms with van der Waals surface area (Å²) < 4.78 is 13.4. The van der Waals surface area contributed by atoms with Crippen molar-refractivity contribution in [3.05, 3.63) is 0 Å². The number of halogens is 1. The van der Waals surface area contributed by atoms with E-state index in [1.54, 1.807) is 0 Å². The van der Waals surface area contributed by atoms with E-state index in [1.807, 2.05) is 0 Å². The second-order valence-electron chi connectivity index (χ2n) is 3.70. The van der Waals surface area contributed by atoms with E-state index in [4.69, 9.17) is 0 Å². The molecule has 0 aromatic carbocycles. The maximum Gasteiger partial charge on any atom is 0.136 e. The smallest absolute Gasteiger partial charge is 0.136 e. The fourth-order valence-corrected chi connectivity index (χ4v) is 1.95. The Balaban J connectivity index is 2.46. The van der Waals surface area contributed by atoms with Crippen molar-refractivity contribution in [2.24, 2.45) is 0 Å². The van der Waals surface area contributed by atoms with Gasteiger partial charge in [0.25, 0.3) is 0 Å².